The Morgan fingerprint density at radius 2 is 1.50 bits per heavy atom. The maximum Gasteiger partial charge on any atom is 0.274 e. The molecule has 0 spiro atoms. The molecule has 0 saturated heterocycles. The number of carbonyl (C=O) groups excluding carboxylic acids is 2. The molecule has 0 unspecified atom stereocenters. The molecule has 0 fully saturated rings. The van der Waals surface area contributed by atoms with E-state index < -0.39 is 5.91 Å². The highest BCUT2D eigenvalue weighted by atomic mass is 35.5. The summed E-state index contributed by atoms with van der Waals surface area (Å²) in [7, 11) is 0. The van der Waals surface area contributed by atoms with Crippen LogP contribution in [0.3, 0.4) is 0 Å². The summed E-state index contributed by atoms with van der Waals surface area (Å²) in [6.07, 6.45) is 0. The zero-order valence-corrected chi connectivity index (χ0v) is 14.7. The van der Waals surface area contributed by atoms with Gasteiger partial charge in [-0.2, -0.15) is 0 Å². The number of pyridine rings is 1. The molecule has 2 amide bonds. The van der Waals surface area contributed by atoms with Gasteiger partial charge in [0, 0.05) is 16.4 Å². The summed E-state index contributed by atoms with van der Waals surface area (Å²) in [5.74, 6) is -0.779. The van der Waals surface area contributed by atoms with Gasteiger partial charge in [0.25, 0.3) is 11.8 Å². The number of para-hydroxylation sites is 1. The molecule has 3 aromatic rings. The van der Waals surface area contributed by atoms with Crippen LogP contribution in [0.5, 0.6) is 0 Å². The lowest BCUT2D eigenvalue weighted by Gasteiger charge is -2.09. The number of hydrogen-bond acceptors (Lipinski definition) is 3. The maximum absolute atomic E-state index is 12.4. The van der Waals surface area contributed by atoms with Gasteiger partial charge < -0.3 is 10.6 Å². The van der Waals surface area contributed by atoms with Gasteiger partial charge in [0.2, 0.25) is 0 Å². The van der Waals surface area contributed by atoms with Crippen LogP contribution in [0.1, 0.15) is 26.5 Å². The van der Waals surface area contributed by atoms with Crippen molar-refractivity contribution in [2.75, 3.05) is 10.6 Å². The highest BCUT2D eigenvalue weighted by molar-refractivity contribution is 6.30. The molecule has 2 aromatic carbocycles. The van der Waals surface area contributed by atoms with Crippen LogP contribution in [-0.2, 0) is 0 Å². The van der Waals surface area contributed by atoms with E-state index in [1.165, 1.54) is 0 Å². The van der Waals surface area contributed by atoms with E-state index in [9.17, 15) is 9.59 Å². The van der Waals surface area contributed by atoms with E-state index in [2.05, 4.69) is 15.6 Å². The fraction of sp³-hybridized carbons (Fsp3) is 0.0500. The van der Waals surface area contributed by atoms with Crippen LogP contribution in [0.25, 0.3) is 0 Å². The zero-order valence-electron chi connectivity index (χ0n) is 14.0. The first-order valence-electron chi connectivity index (χ1n) is 7.94. The standard InChI is InChI=1S/C20H16ClN3O2/c1-13-12-14(21)10-11-16(13)24-20(26)18-9-5-8-17(23-18)19(25)22-15-6-3-2-4-7-15/h2-12H,1H3,(H,22,25)(H,24,26). The van der Waals surface area contributed by atoms with Crippen LogP contribution in [0.2, 0.25) is 5.02 Å². The Morgan fingerprint density at radius 1 is 0.846 bits per heavy atom. The van der Waals surface area contributed by atoms with E-state index in [1.807, 2.05) is 25.1 Å². The van der Waals surface area contributed by atoms with Crippen molar-refractivity contribution in [3.8, 4) is 0 Å². The SMILES string of the molecule is Cc1cc(Cl)ccc1NC(=O)c1cccc(C(=O)Nc2ccccc2)n1. The van der Waals surface area contributed by atoms with Gasteiger partial charge >= 0.3 is 0 Å². The van der Waals surface area contributed by atoms with Crippen LogP contribution < -0.4 is 10.6 Å². The van der Waals surface area contributed by atoms with Crippen LogP contribution in [0.15, 0.2) is 66.7 Å². The highest BCUT2D eigenvalue weighted by Crippen LogP contribution is 2.20. The Bertz CT molecular complexity index is 958. The molecule has 6 heteroatoms. The number of aromatic nitrogens is 1. The molecule has 0 bridgehead atoms. The molecule has 0 aliphatic rings. The number of halogens is 1. The third kappa shape index (κ3) is 4.26. The molecule has 26 heavy (non-hydrogen) atoms. The van der Waals surface area contributed by atoms with E-state index in [0.717, 1.165) is 5.56 Å². The molecule has 5 nitrogen and oxygen atoms in total. The largest absolute Gasteiger partial charge is 0.321 e. The highest BCUT2D eigenvalue weighted by Gasteiger charge is 2.13. The van der Waals surface area contributed by atoms with E-state index in [-0.39, 0.29) is 17.3 Å². The first kappa shape index (κ1) is 17.6. The van der Waals surface area contributed by atoms with Crippen molar-refractivity contribution in [3.05, 3.63) is 88.7 Å². The fourth-order valence-corrected chi connectivity index (χ4v) is 2.58. The fourth-order valence-electron chi connectivity index (χ4n) is 2.36. The van der Waals surface area contributed by atoms with Crippen LogP contribution >= 0.6 is 11.6 Å². The number of nitrogens with one attached hydrogen (secondary N) is 2. The minimum absolute atomic E-state index is 0.153. The zero-order chi connectivity index (χ0) is 18.5. The van der Waals surface area contributed by atoms with Gasteiger partial charge in [-0.1, -0.05) is 35.9 Å². The van der Waals surface area contributed by atoms with Crippen molar-refractivity contribution in [2.24, 2.45) is 0 Å². The molecule has 0 radical (unpaired) electrons. The Labute approximate surface area is 156 Å². The lowest BCUT2D eigenvalue weighted by molar-refractivity contribution is 0.101. The molecule has 0 aliphatic heterocycles. The van der Waals surface area contributed by atoms with Crippen molar-refractivity contribution >= 4 is 34.8 Å². The predicted octanol–water partition coefficient (Wildman–Crippen LogP) is 4.55. The number of hydrogen-bond donors (Lipinski definition) is 2. The number of amides is 2. The second kappa shape index (κ2) is 7.80. The monoisotopic (exact) mass is 365 g/mol. The predicted molar refractivity (Wildman–Crippen MR) is 103 cm³/mol. The molecule has 1 aromatic heterocycles. The quantitative estimate of drug-likeness (QED) is 0.712. The maximum atomic E-state index is 12.4. The number of rotatable bonds is 4. The van der Waals surface area contributed by atoms with E-state index >= 15 is 0 Å². The first-order chi connectivity index (χ1) is 12.5. The lowest BCUT2D eigenvalue weighted by atomic mass is 10.2. The topological polar surface area (TPSA) is 71.1 Å². The molecule has 0 atom stereocenters. The van der Waals surface area contributed by atoms with Crippen molar-refractivity contribution < 1.29 is 9.59 Å². The summed E-state index contributed by atoms with van der Waals surface area (Å²) >= 11 is 5.92. The van der Waals surface area contributed by atoms with Crippen molar-refractivity contribution in [1.29, 1.82) is 0 Å². The number of aryl methyl sites for hydroxylation is 1. The Kier molecular flexibility index (Phi) is 5.29. The Hall–Kier alpha value is -3.18. The van der Waals surface area contributed by atoms with Gasteiger partial charge in [0.05, 0.1) is 0 Å². The lowest BCUT2D eigenvalue weighted by Crippen LogP contribution is -2.18. The molecule has 0 aliphatic carbocycles. The van der Waals surface area contributed by atoms with Crippen LogP contribution in [-0.4, -0.2) is 16.8 Å². The summed E-state index contributed by atoms with van der Waals surface area (Å²) in [4.78, 5) is 28.9. The third-order valence-electron chi connectivity index (χ3n) is 3.68. The molecule has 2 N–H and O–H groups in total. The van der Waals surface area contributed by atoms with Gasteiger partial charge in [0.15, 0.2) is 0 Å². The first-order valence-corrected chi connectivity index (χ1v) is 8.32. The van der Waals surface area contributed by atoms with Gasteiger partial charge in [0.1, 0.15) is 11.4 Å². The summed E-state index contributed by atoms with van der Waals surface area (Å²) in [5.41, 5.74) is 2.45. The molecular formula is C20H16ClN3O2. The van der Waals surface area contributed by atoms with Crippen molar-refractivity contribution in [2.45, 2.75) is 6.92 Å². The number of anilines is 2. The summed E-state index contributed by atoms with van der Waals surface area (Å²) in [5, 5.41) is 6.11. The summed E-state index contributed by atoms with van der Waals surface area (Å²) in [6, 6.07) is 19.0. The van der Waals surface area contributed by atoms with Crippen LogP contribution in [0, 0.1) is 6.92 Å². The van der Waals surface area contributed by atoms with Gasteiger partial charge in [-0.15, -0.1) is 0 Å². The van der Waals surface area contributed by atoms with Crippen molar-refractivity contribution in [3.63, 3.8) is 0 Å². The minimum atomic E-state index is -0.398. The smallest absolute Gasteiger partial charge is 0.274 e. The molecule has 0 saturated carbocycles. The average Bonchev–Trinajstić information content (AvgIpc) is 2.65. The Morgan fingerprint density at radius 3 is 2.15 bits per heavy atom. The minimum Gasteiger partial charge on any atom is -0.321 e. The number of benzene rings is 2. The van der Waals surface area contributed by atoms with Crippen molar-refractivity contribution in [1.82, 2.24) is 4.98 Å². The molecule has 3 rings (SSSR count). The third-order valence-corrected chi connectivity index (χ3v) is 3.92. The van der Waals surface area contributed by atoms with Crippen LogP contribution in [0.4, 0.5) is 11.4 Å². The normalized spacial score (nSPS) is 10.2. The summed E-state index contributed by atoms with van der Waals surface area (Å²) in [6.45, 7) is 1.85. The second-order valence-corrected chi connectivity index (χ2v) is 6.08. The average molecular weight is 366 g/mol. The summed E-state index contributed by atoms with van der Waals surface area (Å²) < 4.78 is 0. The Balaban J connectivity index is 1.76. The van der Waals surface area contributed by atoms with Gasteiger partial charge in [-0.05, 0) is 55.0 Å². The van der Waals surface area contributed by atoms with E-state index in [1.54, 1.807) is 48.5 Å². The number of carbonyl (C=O) groups is 2. The van der Waals surface area contributed by atoms with E-state index in [0.29, 0.717) is 16.4 Å². The molecule has 1 heterocycles. The molecule has 130 valence electrons. The van der Waals surface area contributed by atoms with E-state index in [4.69, 9.17) is 11.6 Å². The van der Waals surface area contributed by atoms with Gasteiger partial charge in [-0.3, -0.25) is 9.59 Å². The number of nitrogens with zero attached hydrogens (tertiary/aromatic N) is 1. The molecular weight excluding hydrogens is 350 g/mol. The second-order valence-electron chi connectivity index (χ2n) is 5.64. The van der Waals surface area contributed by atoms with Gasteiger partial charge in [-0.25, -0.2) is 4.98 Å².